The monoisotopic (exact) mass is 293 g/mol. The van der Waals surface area contributed by atoms with E-state index in [-0.39, 0.29) is 5.54 Å². The highest BCUT2D eigenvalue weighted by Crippen LogP contribution is 2.18. The van der Waals surface area contributed by atoms with Crippen LogP contribution in [0.2, 0.25) is 0 Å². The quantitative estimate of drug-likeness (QED) is 0.904. The molecule has 21 heavy (non-hydrogen) atoms. The number of hydrogen-bond donors (Lipinski definition) is 1. The van der Waals surface area contributed by atoms with Crippen molar-refractivity contribution in [3.05, 3.63) is 23.2 Å². The molecule has 0 unspecified atom stereocenters. The van der Waals surface area contributed by atoms with Gasteiger partial charge in [0.05, 0.1) is 6.54 Å². The molecule has 0 amide bonds. The molecule has 0 atom stereocenters. The molecule has 1 N–H and O–H groups in total. The third-order valence-corrected chi connectivity index (χ3v) is 4.17. The van der Waals surface area contributed by atoms with Gasteiger partial charge < -0.3 is 14.6 Å². The van der Waals surface area contributed by atoms with Gasteiger partial charge in [-0.15, -0.1) is 0 Å². The van der Waals surface area contributed by atoms with Crippen LogP contribution < -0.4 is 5.32 Å². The molecule has 4 heteroatoms. The number of piperazine rings is 1. The van der Waals surface area contributed by atoms with Crippen molar-refractivity contribution in [3.63, 3.8) is 0 Å². The summed E-state index contributed by atoms with van der Waals surface area (Å²) in [4.78, 5) is 4.99. The summed E-state index contributed by atoms with van der Waals surface area (Å²) in [5, 5.41) is 3.53. The number of hydrogen-bond acceptors (Lipinski definition) is 4. The zero-order valence-corrected chi connectivity index (χ0v) is 14.3. The van der Waals surface area contributed by atoms with Crippen LogP contribution in [0.15, 0.2) is 10.5 Å². The highest BCUT2D eigenvalue weighted by molar-refractivity contribution is 5.21. The maximum atomic E-state index is 5.94. The Hall–Kier alpha value is -0.840. The summed E-state index contributed by atoms with van der Waals surface area (Å²) < 4.78 is 5.94. The molecule has 2 rings (SSSR count). The van der Waals surface area contributed by atoms with Crippen molar-refractivity contribution in [3.8, 4) is 0 Å². The molecule has 1 aromatic heterocycles. The van der Waals surface area contributed by atoms with E-state index in [2.05, 4.69) is 55.8 Å². The molecule has 0 aromatic carbocycles. The van der Waals surface area contributed by atoms with Crippen molar-refractivity contribution in [2.45, 2.75) is 53.2 Å². The molecule has 0 spiro atoms. The van der Waals surface area contributed by atoms with Gasteiger partial charge in [0.1, 0.15) is 11.5 Å². The summed E-state index contributed by atoms with van der Waals surface area (Å²) in [5.41, 5.74) is 1.42. The minimum atomic E-state index is 0.139. The van der Waals surface area contributed by atoms with Crippen molar-refractivity contribution in [1.29, 1.82) is 0 Å². The van der Waals surface area contributed by atoms with Crippen LogP contribution in [-0.2, 0) is 13.1 Å². The van der Waals surface area contributed by atoms with Crippen molar-refractivity contribution >= 4 is 0 Å². The number of furan rings is 1. The molecule has 1 fully saturated rings. The maximum Gasteiger partial charge on any atom is 0.118 e. The Labute approximate surface area is 129 Å². The Balaban J connectivity index is 1.87. The second kappa shape index (κ2) is 6.95. The highest BCUT2D eigenvalue weighted by atomic mass is 16.3. The number of rotatable bonds is 5. The van der Waals surface area contributed by atoms with Crippen LogP contribution in [0.3, 0.4) is 0 Å². The third kappa shape index (κ3) is 5.13. The Kier molecular flexibility index (Phi) is 5.47. The van der Waals surface area contributed by atoms with Gasteiger partial charge >= 0.3 is 0 Å². The standard InChI is InChI=1S/C17H31N3O/c1-6-19-7-9-20(10-8-19)13-16-11-15(14(2)21-16)12-18-17(3,4)5/h11,18H,6-10,12-13H2,1-5H3. The van der Waals surface area contributed by atoms with Gasteiger partial charge in [-0.2, -0.15) is 0 Å². The Morgan fingerprint density at radius 3 is 2.33 bits per heavy atom. The van der Waals surface area contributed by atoms with E-state index in [1.165, 1.54) is 18.7 Å². The molecule has 120 valence electrons. The van der Waals surface area contributed by atoms with Gasteiger partial charge in [0, 0.05) is 43.8 Å². The predicted octanol–water partition coefficient (Wildman–Crippen LogP) is 2.61. The van der Waals surface area contributed by atoms with Crippen LogP contribution >= 0.6 is 0 Å². The van der Waals surface area contributed by atoms with Crippen molar-refractivity contribution in [2.24, 2.45) is 0 Å². The Bertz CT molecular complexity index is 439. The molecule has 1 aliphatic heterocycles. The van der Waals surface area contributed by atoms with Crippen LogP contribution in [0, 0.1) is 6.92 Å². The number of nitrogens with one attached hydrogen (secondary N) is 1. The Morgan fingerprint density at radius 1 is 1.14 bits per heavy atom. The predicted molar refractivity (Wildman–Crippen MR) is 87.4 cm³/mol. The van der Waals surface area contributed by atoms with Gasteiger partial charge in [-0.3, -0.25) is 4.90 Å². The summed E-state index contributed by atoms with van der Waals surface area (Å²) in [6.07, 6.45) is 0. The number of aryl methyl sites for hydroxylation is 1. The topological polar surface area (TPSA) is 31.6 Å². The van der Waals surface area contributed by atoms with E-state index < -0.39 is 0 Å². The summed E-state index contributed by atoms with van der Waals surface area (Å²) in [5.74, 6) is 2.15. The molecule has 1 aliphatic rings. The average molecular weight is 293 g/mol. The summed E-state index contributed by atoms with van der Waals surface area (Å²) in [6.45, 7) is 18.5. The van der Waals surface area contributed by atoms with Crippen LogP contribution in [0.4, 0.5) is 0 Å². The normalized spacial score (nSPS) is 18.3. The van der Waals surface area contributed by atoms with E-state index >= 15 is 0 Å². The molecular weight excluding hydrogens is 262 g/mol. The Morgan fingerprint density at radius 2 is 1.76 bits per heavy atom. The lowest BCUT2D eigenvalue weighted by Crippen LogP contribution is -2.45. The smallest absolute Gasteiger partial charge is 0.118 e. The molecule has 0 radical (unpaired) electrons. The van der Waals surface area contributed by atoms with E-state index in [9.17, 15) is 0 Å². The van der Waals surface area contributed by atoms with Crippen LogP contribution in [0.25, 0.3) is 0 Å². The molecule has 0 saturated carbocycles. The molecule has 1 aromatic rings. The molecule has 0 bridgehead atoms. The van der Waals surface area contributed by atoms with Gasteiger partial charge in [-0.1, -0.05) is 6.92 Å². The SMILES string of the molecule is CCN1CCN(Cc2cc(CNC(C)(C)C)c(C)o2)CC1. The summed E-state index contributed by atoms with van der Waals surface area (Å²) in [6, 6.07) is 2.22. The largest absolute Gasteiger partial charge is 0.465 e. The van der Waals surface area contributed by atoms with Crippen molar-refractivity contribution in [2.75, 3.05) is 32.7 Å². The molecule has 0 aliphatic carbocycles. The first-order chi connectivity index (χ1) is 9.87. The first-order valence-electron chi connectivity index (χ1n) is 8.15. The van der Waals surface area contributed by atoms with Crippen LogP contribution in [0.1, 0.15) is 44.8 Å². The second-order valence-electron chi connectivity index (χ2n) is 7.11. The molecule has 4 nitrogen and oxygen atoms in total. The first kappa shape index (κ1) is 16.5. The number of likely N-dealkylation sites (N-methyl/N-ethyl adjacent to an activating group) is 1. The van der Waals surface area contributed by atoms with Gasteiger partial charge in [-0.05, 0) is 40.3 Å². The van der Waals surface area contributed by atoms with Crippen LogP contribution in [-0.4, -0.2) is 48.1 Å². The lowest BCUT2D eigenvalue weighted by molar-refractivity contribution is 0.125. The molecule has 2 heterocycles. The third-order valence-electron chi connectivity index (χ3n) is 4.17. The van der Waals surface area contributed by atoms with E-state index in [1.54, 1.807) is 0 Å². The minimum Gasteiger partial charge on any atom is -0.465 e. The van der Waals surface area contributed by atoms with E-state index in [1.807, 2.05) is 0 Å². The summed E-state index contributed by atoms with van der Waals surface area (Å²) in [7, 11) is 0. The average Bonchev–Trinajstić information content (AvgIpc) is 2.77. The molecule has 1 saturated heterocycles. The van der Waals surface area contributed by atoms with E-state index in [4.69, 9.17) is 4.42 Å². The van der Waals surface area contributed by atoms with Gasteiger partial charge in [0.2, 0.25) is 0 Å². The fourth-order valence-electron chi connectivity index (χ4n) is 2.69. The van der Waals surface area contributed by atoms with E-state index in [0.717, 1.165) is 44.2 Å². The van der Waals surface area contributed by atoms with Crippen molar-refractivity contribution in [1.82, 2.24) is 15.1 Å². The number of nitrogens with zero attached hydrogens (tertiary/aromatic N) is 2. The lowest BCUT2D eigenvalue weighted by atomic mass is 10.1. The fourth-order valence-corrected chi connectivity index (χ4v) is 2.69. The van der Waals surface area contributed by atoms with Gasteiger partial charge in [-0.25, -0.2) is 0 Å². The first-order valence-corrected chi connectivity index (χ1v) is 8.15. The van der Waals surface area contributed by atoms with Gasteiger partial charge in [0.15, 0.2) is 0 Å². The fraction of sp³-hybridized carbons (Fsp3) is 0.765. The zero-order chi connectivity index (χ0) is 15.5. The second-order valence-corrected chi connectivity index (χ2v) is 7.11. The summed E-state index contributed by atoms with van der Waals surface area (Å²) >= 11 is 0. The van der Waals surface area contributed by atoms with E-state index in [0.29, 0.717) is 0 Å². The molecular formula is C17H31N3O. The van der Waals surface area contributed by atoms with Crippen LogP contribution in [0.5, 0.6) is 0 Å². The van der Waals surface area contributed by atoms with Crippen molar-refractivity contribution < 1.29 is 4.42 Å². The minimum absolute atomic E-state index is 0.139. The highest BCUT2D eigenvalue weighted by Gasteiger charge is 2.18. The zero-order valence-electron chi connectivity index (χ0n) is 14.3. The van der Waals surface area contributed by atoms with Gasteiger partial charge in [0.25, 0.3) is 0 Å². The lowest BCUT2D eigenvalue weighted by Gasteiger charge is -2.33. The maximum absolute atomic E-state index is 5.94.